The molecule has 1 aliphatic heterocycles. The van der Waals surface area contributed by atoms with E-state index in [1.54, 1.807) is 0 Å². The first-order valence-electron chi connectivity index (χ1n) is 7.10. The van der Waals surface area contributed by atoms with Gasteiger partial charge in [0.05, 0.1) is 0 Å². The molecule has 1 unspecified atom stereocenters. The molecule has 4 heteroatoms. The molecule has 1 fully saturated rings. The van der Waals surface area contributed by atoms with Gasteiger partial charge in [-0.05, 0) is 32.1 Å². The van der Waals surface area contributed by atoms with Gasteiger partial charge in [0.15, 0.2) is 0 Å². The van der Waals surface area contributed by atoms with Crippen LogP contribution in [0, 0.1) is 0 Å². The lowest BCUT2D eigenvalue weighted by Crippen LogP contribution is -2.41. The minimum absolute atomic E-state index is 0.200. The van der Waals surface area contributed by atoms with Crippen molar-refractivity contribution in [3.05, 3.63) is 11.6 Å². The monoisotopic (exact) mass is 268 g/mol. The molecule has 1 atom stereocenters. The van der Waals surface area contributed by atoms with Crippen LogP contribution in [0.2, 0.25) is 0 Å². The smallest absolute Gasteiger partial charge is 0.221 e. The van der Waals surface area contributed by atoms with Crippen molar-refractivity contribution < 1.29 is 4.79 Å². The van der Waals surface area contributed by atoms with Gasteiger partial charge < -0.3 is 10.6 Å². The van der Waals surface area contributed by atoms with Crippen LogP contribution in [0.15, 0.2) is 11.6 Å². The molecule has 18 heavy (non-hydrogen) atoms. The van der Waals surface area contributed by atoms with Gasteiger partial charge in [-0.15, -0.1) is 0 Å². The fourth-order valence-corrected chi connectivity index (χ4v) is 3.49. The summed E-state index contributed by atoms with van der Waals surface area (Å²) >= 11 is 1.94. The van der Waals surface area contributed by atoms with Crippen molar-refractivity contribution in [2.24, 2.45) is 0 Å². The molecular formula is C14H24N2OS. The molecular weight excluding hydrogens is 244 g/mol. The van der Waals surface area contributed by atoms with Crippen molar-refractivity contribution in [1.82, 2.24) is 10.6 Å². The molecule has 0 aromatic rings. The van der Waals surface area contributed by atoms with E-state index >= 15 is 0 Å². The van der Waals surface area contributed by atoms with Crippen molar-refractivity contribution in [1.29, 1.82) is 0 Å². The Morgan fingerprint density at radius 1 is 1.50 bits per heavy atom. The third-order valence-corrected chi connectivity index (χ3v) is 4.71. The first-order chi connectivity index (χ1) is 8.84. The summed E-state index contributed by atoms with van der Waals surface area (Å²) in [5, 5.41) is 6.44. The second kappa shape index (κ2) is 7.85. The Kier molecular flexibility index (Phi) is 6.08. The first-order valence-corrected chi connectivity index (χ1v) is 8.26. The number of hydrogen-bond acceptors (Lipinski definition) is 3. The van der Waals surface area contributed by atoms with Crippen LogP contribution < -0.4 is 10.6 Å². The standard InChI is InChI=1S/C14H24N2OS/c17-14(10-13-11-18-9-8-15-13)16-7-6-12-4-2-1-3-5-12/h4,13,15H,1-3,5-11H2,(H,16,17). The molecule has 2 N–H and O–H groups in total. The van der Waals surface area contributed by atoms with Crippen molar-refractivity contribution in [2.75, 3.05) is 24.6 Å². The predicted molar refractivity (Wildman–Crippen MR) is 77.9 cm³/mol. The Balaban J connectivity index is 1.57. The molecule has 0 aromatic heterocycles. The van der Waals surface area contributed by atoms with Crippen molar-refractivity contribution >= 4 is 17.7 Å². The predicted octanol–water partition coefficient (Wildman–Crippen LogP) is 2.09. The molecule has 1 amide bonds. The Morgan fingerprint density at radius 3 is 3.17 bits per heavy atom. The zero-order chi connectivity index (χ0) is 12.6. The molecule has 1 aliphatic carbocycles. The topological polar surface area (TPSA) is 41.1 Å². The molecule has 102 valence electrons. The first kappa shape index (κ1) is 13.9. The van der Waals surface area contributed by atoms with E-state index in [1.807, 2.05) is 11.8 Å². The average Bonchev–Trinajstić information content (AvgIpc) is 2.41. The van der Waals surface area contributed by atoms with E-state index in [1.165, 1.54) is 37.0 Å². The number of thioether (sulfide) groups is 1. The summed E-state index contributed by atoms with van der Waals surface area (Å²) in [4.78, 5) is 11.8. The second-order valence-electron chi connectivity index (χ2n) is 5.14. The summed E-state index contributed by atoms with van der Waals surface area (Å²) in [5.74, 6) is 2.44. The van der Waals surface area contributed by atoms with Crippen LogP contribution in [0.5, 0.6) is 0 Å². The minimum Gasteiger partial charge on any atom is -0.356 e. The number of rotatable bonds is 5. The lowest BCUT2D eigenvalue weighted by molar-refractivity contribution is -0.121. The highest BCUT2D eigenvalue weighted by Crippen LogP contribution is 2.19. The van der Waals surface area contributed by atoms with Gasteiger partial charge >= 0.3 is 0 Å². The highest BCUT2D eigenvalue weighted by atomic mass is 32.2. The van der Waals surface area contributed by atoms with Crippen LogP contribution in [0.1, 0.15) is 38.5 Å². The second-order valence-corrected chi connectivity index (χ2v) is 6.29. The minimum atomic E-state index is 0.200. The molecule has 2 rings (SSSR count). The molecule has 1 saturated heterocycles. The van der Waals surface area contributed by atoms with Gasteiger partial charge in [0.2, 0.25) is 5.91 Å². The lowest BCUT2D eigenvalue weighted by Gasteiger charge is -2.22. The molecule has 1 heterocycles. The van der Waals surface area contributed by atoms with Gasteiger partial charge in [-0.3, -0.25) is 4.79 Å². The normalized spacial score (nSPS) is 24.4. The number of hydrogen-bond donors (Lipinski definition) is 2. The number of carbonyl (C=O) groups excluding carboxylic acids is 1. The van der Waals surface area contributed by atoms with E-state index in [0.29, 0.717) is 12.5 Å². The zero-order valence-corrected chi connectivity index (χ0v) is 11.9. The molecule has 0 saturated carbocycles. The third-order valence-electron chi connectivity index (χ3n) is 3.58. The van der Waals surface area contributed by atoms with Gasteiger partial charge in [0.1, 0.15) is 0 Å². The highest BCUT2D eigenvalue weighted by Gasteiger charge is 2.16. The molecule has 0 spiro atoms. The third kappa shape index (κ3) is 5.02. The SMILES string of the molecule is O=C(CC1CSCCN1)NCCC1=CCCCC1. The van der Waals surface area contributed by atoms with Crippen LogP contribution in [-0.2, 0) is 4.79 Å². The molecule has 0 aromatic carbocycles. The number of nitrogens with one attached hydrogen (secondary N) is 2. The molecule has 3 nitrogen and oxygen atoms in total. The van der Waals surface area contributed by atoms with Crippen molar-refractivity contribution in [3.63, 3.8) is 0 Å². The lowest BCUT2D eigenvalue weighted by atomic mass is 9.97. The summed E-state index contributed by atoms with van der Waals surface area (Å²) in [6.45, 7) is 1.85. The Bertz CT molecular complexity index is 298. The van der Waals surface area contributed by atoms with Crippen LogP contribution in [0.3, 0.4) is 0 Å². The van der Waals surface area contributed by atoms with E-state index < -0.39 is 0 Å². The maximum absolute atomic E-state index is 11.8. The summed E-state index contributed by atoms with van der Waals surface area (Å²) in [5.41, 5.74) is 1.54. The molecule has 2 aliphatic rings. The number of carbonyl (C=O) groups is 1. The van der Waals surface area contributed by atoms with Gasteiger partial charge in [-0.1, -0.05) is 11.6 Å². The van der Waals surface area contributed by atoms with E-state index in [4.69, 9.17) is 0 Å². The number of allylic oxidation sites excluding steroid dienone is 1. The van der Waals surface area contributed by atoms with E-state index in [9.17, 15) is 4.79 Å². The van der Waals surface area contributed by atoms with Crippen LogP contribution in [0.4, 0.5) is 0 Å². The summed E-state index contributed by atoms with van der Waals surface area (Å²) in [6, 6.07) is 0.373. The van der Waals surface area contributed by atoms with Crippen molar-refractivity contribution in [3.8, 4) is 0 Å². The maximum atomic E-state index is 11.8. The van der Waals surface area contributed by atoms with Gasteiger partial charge in [-0.2, -0.15) is 11.8 Å². The zero-order valence-electron chi connectivity index (χ0n) is 11.0. The largest absolute Gasteiger partial charge is 0.356 e. The summed E-state index contributed by atoms with van der Waals surface area (Å²) in [7, 11) is 0. The highest BCUT2D eigenvalue weighted by molar-refractivity contribution is 7.99. The average molecular weight is 268 g/mol. The maximum Gasteiger partial charge on any atom is 0.221 e. The van der Waals surface area contributed by atoms with Crippen LogP contribution >= 0.6 is 11.8 Å². The fraction of sp³-hybridized carbons (Fsp3) is 0.786. The Hall–Kier alpha value is -0.480. The van der Waals surface area contributed by atoms with E-state index in [0.717, 1.165) is 25.3 Å². The van der Waals surface area contributed by atoms with Gasteiger partial charge in [0.25, 0.3) is 0 Å². The van der Waals surface area contributed by atoms with Crippen LogP contribution in [-0.4, -0.2) is 36.5 Å². The molecule has 0 bridgehead atoms. The Morgan fingerprint density at radius 2 is 2.44 bits per heavy atom. The quantitative estimate of drug-likeness (QED) is 0.750. The van der Waals surface area contributed by atoms with Gasteiger partial charge in [0, 0.05) is 37.1 Å². The fourth-order valence-electron chi connectivity index (χ4n) is 2.54. The van der Waals surface area contributed by atoms with E-state index in [-0.39, 0.29) is 5.91 Å². The van der Waals surface area contributed by atoms with Crippen molar-refractivity contribution in [2.45, 2.75) is 44.6 Å². The Labute approximate surface area is 114 Å². The summed E-state index contributed by atoms with van der Waals surface area (Å²) in [6.07, 6.45) is 9.15. The number of amides is 1. The summed E-state index contributed by atoms with van der Waals surface area (Å²) < 4.78 is 0. The van der Waals surface area contributed by atoms with E-state index in [2.05, 4.69) is 16.7 Å². The van der Waals surface area contributed by atoms with Crippen LogP contribution in [0.25, 0.3) is 0 Å². The molecule has 0 radical (unpaired) electrons. The van der Waals surface area contributed by atoms with Gasteiger partial charge in [-0.25, -0.2) is 0 Å².